The average molecular weight is 554 g/mol. The van der Waals surface area contributed by atoms with Crippen LogP contribution < -0.4 is 27.4 Å². The van der Waals surface area contributed by atoms with Crippen LogP contribution in [-0.4, -0.2) is 86.1 Å². The van der Waals surface area contributed by atoms with Gasteiger partial charge in [-0.3, -0.25) is 28.8 Å². The Morgan fingerprint density at radius 1 is 0.718 bits per heavy atom. The highest BCUT2D eigenvalue weighted by atomic mass is 16.4. The third-order valence-electron chi connectivity index (χ3n) is 5.31. The molecular weight excluding hydrogens is 522 g/mol. The molecule has 16 nitrogen and oxygen atoms in total. The molecule has 39 heavy (non-hydrogen) atoms. The summed E-state index contributed by atoms with van der Waals surface area (Å²) in [5.74, 6) is -8.15. The van der Waals surface area contributed by atoms with Crippen LogP contribution in [-0.2, 0) is 40.0 Å². The molecule has 0 saturated heterocycles. The minimum Gasteiger partial charge on any atom is -0.508 e. The van der Waals surface area contributed by atoms with Gasteiger partial charge in [-0.25, -0.2) is 4.79 Å². The predicted octanol–water partition coefficient (Wildman–Crippen LogP) is -2.59. The van der Waals surface area contributed by atoms with Gasteiger partial charge in [0.05, 0.1) is 12.5 Å². The highest BCUT2D eigenvalue weighted by molar-refractivity contribution is 5.95. The minimum absolute atomic E-state index is 0.0815. The van der Waals surface area contributed by atoms with Gasteiger partial charge >= 0.3 is 17.9 Å². The van der Waals surface area contributed by atoms with Gasteiger partial charge in [-0.05, 0) is 30.5 Å². The summed E-state index contributed by atoms with van der Waals surface area (Å²) in [5, 5.41) is 43.4. The Labute approximate surface area is 221 Å². The van der Waals surface area contributed by atoms with Gasteiger partial charge in [-0.1, -0.05) is 12.1 Å². The highest BCUT2D eigenvalue weighted by Crippen LogP contribution is 2.12. The summed E-state index contributed by atoms with van der Waals surface area (Å²) >= 11 is 0. The van der Waals surface area contributed by atoms with Gasteiger partial charge in [0.1, 0.15) is 23.9 Å². The van der Waals surface area contributed by atoms with Gasteiger partial charge < -0.3 is 47.8 Å². The Bertz CT molecular complexity index is 1080. The molecule has 0 radical (unpaired) electrons. The van der Waals surface area contributed by atoms with E-state index in [0.29, 0.717) is 5.56 Å². The lowest BCUT2D eigenvalue weighted by Gasteiger charge is -2.25. The Morgan fingerprint density at radius 2 is 1.23 bits per heavy atom. The number of phenolic OH excluding ortho intramolecular Hbond substituents is 1. The van der Waals surface area contributed by atoms with E-state index in [1.165, 1.54) is 24.3 Å². The smallest absolute Gasteiger partial charge is 0.326 e. The first-order valence-corrected chi connectivity index (χ1v) is 11.6. The van der Waals surface area contributed by atoms with Gasteiger partial charge in [-0.2, -0.15) is 0 Å². The van der Waals surface area contributed by atoms with E-state index >= 15 is 0 Å². The lowest BCUT2D eigenvalue weighted by molar-refractivity contribution is -0.143. The average Bonchev–Trinajstić information content (AvgIpc) is 2.83. The number of carbonyl (C=O) groups is 7. The van der Waals surface area contributed by atoms with Crippen LogP contribution in [0.5, 0.6) is 5.75 Å². The number of aliphatic carboxylic acids is 3. The number of hydrogen-bond acceptors (Lipinski definition) is 9. The number of primary amides is 1. The topological polar surface area (TPSA) is 289 Å². The summed E-state index contributed by atoms with van der Waals surface area (Å²) in [6.07, 6.45) is -2.76. The number of carboxylic acids is 3. The fraction of sp³-hybridized carbons (Fsp3) is 0.435. The van der Waals surface area contributed by atoms with Crippen LogP contribution in [0.2, 0.25) is 0 Å². The standard InChI is InChI=1S/C23H31N5O11/c24-13(10-19(33)34)20(35)28-16(9-11-1-3-12(29)4-2-11)22(37)26-14(6-8-18(31)32)21(36)27-15(23(38)39)5-7-17(25)30/h1-4,13-16,29H,5-10,24H2,(H2,25,30)(H,26,37)(H,27,36)(H,28,35)(H,31,32)(H,33,34)(H,38,39). The van der Waals surface area contributed by atoms with Gasteiger partial charge in [-0.15, -0.1) is 0 Å². The van der Waals surface area contributed by atoms with Crippen molar-refractivity contribution in [1.29, 1.82) is 0 Å². The molecular formula is C23H31N5O11. The molecule has 1 aromatic carbocycles. The van der Waals surface area contributed by atoms with Crippen LogP contribution in [0.4, 0.5) is 0 Å². The first kappa shape index (κ1) is 32.3. The van der Waals surface area contributed by atoms with E-state index in [4.69, 9.17) is 21.7 Å². The summed E-state index contributed by atoms with van der Waals surface area (Å²) < 4.78 is 0. The van der Waals surface area contributed by atoms with Crippen molar-refractivity contribution in [2.75, 3.05) is 0 Å². The van der Waals surface area contributed by atoms with Crippen molar-refractivity contribution in [3.05, 3.63) is 29.8 Å². The molecule has 0 saturated carbocycles. The predicted molar refractivity (Wildman–Crippen MR) is 131 cm³/mol. The lowest BCUT2D eigenvalue weighted by Crippen LogP contribution is -2.57. The van der Waals surface area contributed by atoms with Crippen LogP contribution in [0, 0.1) is 0 Å². The molecule has 4 unspecified atom stereocenters. The number of carboxylic acid groups (broad SMARTS) is 3. The zero-order chi connectivity index (χ0) is 29.7. The molecule has 1 aromatic rings. The van der Waals surface area contributed by atoms with Gasteiger partial charge in [0.25, 0.3) is 0 Å². The third-order valence-corrected chi connectivity index (χ3v) is 5.31. The Kier molecular flexibility index (Phi) is 12.8. The quantitative estimate of drug-likeness (QED) is 0.0960. The molecule has 214 valence electrons. The summed E-state index contributed by atoms with van der Waals surface area (Å²) in [4.78, 5) is 82.9. The molecule has 0 aliphatic heterocycles. The normalized spacial score (nSPS) is 13.7. The number of carbonyl (C=O) groups excluding carboxylic acids is 4. The van der Waals surface area contributed by atoms with Crippen molar-refractivity contribution in [1.82, 2.24) is 16.0 Å². The van der Waals surface area contributed by atoms with E-state index in [1.807, 2.05) is 0 Å². The van der Waals surface area contributed by atoms with E-state index in [-0.39, 0.29) is 25.0 Å². The summed E-state index contributed by atoms with van der Waals surface area (Å²) in [5.41, 5.74) is 11.0. The second-order valence-corrected chi connectivity index (χ2v) is 8.53. The molecule has 16 heteroatoms. The summed E-state index contributed by atoms with van der Waals surface area (Å²) in [6, 6.07) is -0.621. The van der Waals surface area contributed by atoms with Crippen LogP contribution in [0.3, 0.4) is 0 Å². The SMILES string of the molecule is NC(=O)CCC(NC(=O)C(CCC(=O)O)NC(=O)C(Cc1ccc(O)cc1)NC(=O)C(N)CC(=O)O)C(=O)O. The van der Waals surface area contributed by atoms with E-state index in [1.54, 1.807) is 0 Å². The number of nitrogens with one attached hydrogen (secondary N) is 3. The first-order chi connectivity index (χ1) is 18.2. The molecule has 0 bridgehead atoms. The molecule has 0 aliphatic rings. The molecule has 4 atom stereocenters. The van der Waals surface area contributed by atoms with E-state index in [2.05, 4.69) is 16.0 Å². The summed E-state index contributed by atoms with van der Waals surface area (Å²) in [6.45, 7) is 0. The van der Waals surface area contributed by atoms with Crippen LogP contribution in [0.25, 0.3) is 0 Å². The van der Waals surface area contributed by atoms with Gasteiger partial charge in [0.15, 0.2) is 0 Å². The number of benzene rings is 1. The van der Waals surface area contributed by atoms with E-state index in [9.17, 15) is 43.8 Å². The maximum Gasteiger partial charge on any atom is 0.326 e. The second kappa shape index (κ2) is 15.5. The Balaban J connectivity index is 3.17. The van der Waals surface area contributed by atoms with Crippen molar-refractivity contribution >= 4 is 41.5 Å². The van der Waals surface area contributed by atoms with Crippen LogP contribution in [0.1, 0.15) is 37.7 Å². The summed E-state index contributed by atoms with van der Waals surface area (Å²) in [7, 11) is 0. The van der Waals surface area contributed by atoms with Crippen molar-refractivity contribution in [2.24, 2.45) is 11.5 Å². The zero-order valence-electron chi connectivity index (χ0n) is 20.7. The van der Waals surface area contributed by atoms with Crippen molar-refractivity contribution in [3.8, 4) is 5.75 Å². The molecule has 0 heterocycles. The largest absolute Gasteiger partial charge is 0.508 e. The molecule has 0 spiro atoms. The number of hydrogen-bond donors (Lipinski definition) is 9. The zero-order valence-corrected chi connectivity index (χ0v) is 20.7. The monoisotopic (exact) mass is 553 g/mol. The molecule has 0 aromatic heterocycles. The van der Waals surface area contributed by atoms with Crippen LogP contribution in [0.15, 0.2) is 24.3 Å². The second-order valence-electron chi connectivity index (χ2n) is 8.53. The molecule has 4 amide bonds. The number of phenols is 1. The van der Waals surface area contributed by atoms with Crippen molar-refractivity contribution in [3.63, 3.8) is 0 Å². The third kappa shape index (κ3) is 12.4. The number of amides is 4. The van der Waals surface area contributed by atoms with Gasteiger partial charge in [0, 0.05) is 19.3 Å². The first-order valence-electron chi connectivity index (χ1n) is 11.6. The highest BCUT2D eigenvalue weighted by Gasteiger charge is 2.31. The molecule has 11 N–H and O–H groups in total. The minimum atomic E-state index is -1.57. The fourth-order valence-electron chi connectivity index (χ4n) is 3.26. The number of nitrogens with two attached hydrogens (primary N) is 2. The van der Waals surface area contributed by atoms with E-state index in [0.717, 1.165) is 0 Å². The number of rotatable bonds is 17. The maximum absolute atomic E-state index is 13.2. The van der Waals surface area contributed by atoms with E-state index < -0.39 is 85.0 Å². The van der Waals surface area contributed by atoms with Crippen molar-refractivity contribution < 1.29 is 54.0 Å². The Hall–Kier alpha value is -4.73. The van der Waals surface area contributed by atoms with Crippen molar-refractivity contribution in [2.45, 2.75) is 62.7 Å². The maximum atomic E-state index is 13.2. The molecule has 0 aliphatic carbocycles. The molecule has 1 rings (SSSR count). The van der Waals surface area contributed by atoms with Crippen LogP contribution >= 0.6 is 0 Å². The lowest BCUT2D eigenvalue weighted by atomic mass is 10.0. The fourth-order valence-corrected chi connectivity index (χ4v) is 3.26. The number of aromatic hydroxyl groups is 1. The molecule has 0 fully saturated rings. The van der Waals surface area contributed by atoms with Gasteiger partial charge in [0.2, 0.25) is 23.6 Å². The Morgan fingerprint density at radius 3 is 1.74 bits per heavy atom.